The first-order chi connectivity index (χ1) is 12.2. The van der Waals surface area contributed by atoms with Crippen molar-refractivity contribution in [1.29, 1.82) is 0 Å². The summed E-state index contributed by atoms with van der Waals surface area (Å²) < 4.78 is 25.3. The van der Waals surface area contributed by atoms with E-state index in [-0.39, 0.29) is 64.6 Å². The van der Waals surface area contributed by atoms with Crippen LogP contribution in [0.2, 0.25) is 0 Å². The summed E-state index contributed by atoms with van der Waals surface area (Å²) in [6.45, 7) is 3.37. The molecule has 0 amide bonds. The second-order valence-corrected chi connectivity index (χ2v) is 6.74. The zero-order valence-corrected chi connectivity index (χ0v) is 20.3. The van der Waals surface area contributed by atoms with E-state index < -0.39 is 8.25 Å². The van der Waals surface area contributed by atoms with Crippen LogP contribution >= 0.6 is 8.25 Å². The van der Waals surface area contributed by atoms with Gasteiger partial charge in [-0.2, -0.15) is 0 Å². The molecule has 0 aliphatic carbocycles. The van der Waals surface area contributed by atoms with Gasteiger partial charge in [0.15, 0.2) is 0 Å². The number of rotatable bonds is 16. The van der Waals surface area contributed by atoms with Gasteiger partial charge in [0, 0.05) is 0 Å². The SMILES string of the molecule is CCCCCCCCCc1ccc(OCCOCCO[P+](=O)[O-])cc1.[K+]. The molecule has 26 heavy (non-hydrogen) atoms. The summed E-state index contributed by atoms with van der Waals surface area (Å²) in [5.41, 5.74) is 1.35. The Kier molecular flexibility index (Phi) is 19.4. The largest absolute Gasteiger partial charge is 1.00 e. The van der Waals surface area contributed by atoms with Crippen molar-refractivity contribution >= 4 is 8.25 Å². The van der Waals surface area contributed by atoms with Crippen LogP contribution in [0.25, 0.3) is 0 Å². The minimum Gasteiger partial charge on any atom is -0.566 e. The average molecular weight is 410 g/mol. The molecule has 0 bridgehead atoms. The Balaban J connectivity index is 0.00000625. The van der Waals surface area contributed by atoms with Crippen LogP contribution in [0.1, 0.15) is 57.4 Å². The Morgan fingerprint density at radius 2 is 1.50 bits per heavy atom. The van der Waals surface area contributed by atoms with E-state index in [1.807, 2.05) is 12.1 Å². The molecule has 1 atom stereocenters. The number of benzene rings is 1. The first-order valence-corrected chi connectivity index (χ1v) is 10.4. The maximum absolute atomic E-state index is 10.2. The van der Waals surface area contributed by atoms with Crippen LogP contribution in [0.3, 0.4) is 0 Å². The summed E-state index contributed by atoms with van der Waals surface area (Å²) in [5, 5.41) is 0. The second kappa shape index (κ2) is 19.0. The van der Waals surface area contributed by atoms with Gasteiger partial charge in [0.2, 0.25) is 0 Å². The Morgan fingerprint density at radius 1 is 0.885 bits per heavy atom. The van der Waals surface area contributed by atoms with E-state index in [9.17, 15) is 9.46 Å². The fraction of sp³-hybridized carbons (Fsp3) is 0.684. The predicted molar refractivity (Wildman–Crippen MR) is 98.0 cm³/mol. The van der Waals surface area contributed by atoms with Crippen molar-refractivity contribution in [2.24, 2.45) is 0 Å². The molecule has 0 saturated carbocycles. The zero-order chi connectivity index (χ0) is 18.2. The van der Waals surface area contributed by atoms with E-state index >= 15 is 0 Å². The van der Waals surface area contributed by atoms with E-state index in [0.717, 1.165) is 12.2 Å². The maximum Gasteiger partial charge on any atom is 1.00 e. The predicted octanol–water partition coefficient (Wildman–Crippen LogP) is 1.41. The third-order valence-electron chi connectivity index (χ3n) is 3.91. The quantitative estimate of drug-likeness (QED) is 0.235. The molecule has 1 unspecified atom stereocenters. The van der Waals surface area contributed by atoms with Gasteiger partial charge in [-0.05, 0) is 35.1 Å². The van der Waals surface area contributed by atoms with Crippen LogP contribution in [0.5, 0.6) is 5.75 Å². The molecule has 1 rings (SSSR count). The van der Waals surface area contributed by atoms with Gasteiger partial charge in [-0.3, -0.25) is 0 Å². The molecule has 5 nitrogen and oxygen atoms in total. The van der Waals surface area contributed by atoms with Crippen molar-refractivity contribution < 1.29 is 74.8 Å². The Hall–Kier alpha value is 0.636. The molecule has 0 N–H and O–H groups in total. The molecule has 142 valence electrons. The molecule has 0 aromatic heterocycles. The Morgan fingerprint density at radius 3 is 2.15 bits per heavy atom. The molecule has 0 aliphatic heterocycles. The van der Waals surface area contributed by atoms with Crippen LogP contribution in [0, 0.1) is 0 Å². The van der Waals surface area contributed by atoms with Crippen molar-refractivity contribution in [3.05, 3.63) is 29.8 Å². The first kappa shape index (κ1) is 26.6. The van der Waals surface area contributed by atoms with Crippen LogP contribution < -0.4 is 61.0 Å². The van der Waals surface area contributed by atoms with Gasteiger partial charge < -0.3 is 14.4 Å². The molecule has 1 aromatic carbocycles. The molecule has 0 saturated heterocycles. The Bertz CT molecular complexity index is 456. The topological polar surface area (TPSA) is 67.8 Å². The molecule has 0 radical (unpaired) electrons. The average Bonchev–Trinajstić information content (AvgIpc) is 2.61. The van der Waals surface area contributed by atoms with E-state index in [1.165, 1.54) is 50.5 Å². The summed E-state index contributed by atoms with van der Waals surface area (Å²) in [6, 6.07) is 8.21. The molecule has 1 aromatic rings. The molecule has 0 aliphatic rings. The summed E-state index contributed by atoms with van der Waals surface area (Å²) in [6.07, 6.45) is 10.4. The van der Waals surface area contributed by atoms with Crippen LogP contribution in [0.4, 0.5) is 0 Å². The van der Waals surface area contributed by atoms with Gasteiger partial charge in [0.05, 0.1) is 13.2 Å². The summed E-state index contributed by atoms with van der Waals surface area (Å²) in [5.74, 6) is 0.825. The minimum atomic E-state index is -2.79. The van der Waals surface area contributed by atoms with Gasteiger partial charge in [-0.15, -0.1) is 4.52 Å². The number of hydrogen-bond acceptors (Lipinski definition) is 5. The van der Waals surface area contributed by atoms with Gasteiger partial charge >= 0.3 is 59.6 Å². The van der Waals surface area contributed by atoms with Gasteiger partial charge in [0.25, 0.3) is 0 Å². The third kappa shape index (κ3) is 15.7. The van der Waals surface area contributed by atoms with Gasteiger partial charge in [-0.1, -0.05) is 57.6 Å². The van der Waals surface area contributed by atoms with Crippen LogP contribution in [-0.2, 0) is 20.2 Å². The second-order valence-electron chi connectivity index (χ2n) is 6.03. The first-order valence-electron chi connectivity index (χ1n) is 9.29. The van der Waals surface area contributed by atoms with Crippen LogP contribution in [-0.4, -0.2) is 26.4 Å². The van der Waals surface area contributed by atoms with Gasteiger partial charge in [0.1, 0.15) is 19.0 Å². The maximum atomic E-state index is 10.2. The van der Waals surface area contributed by atoms with E-state index in [4.69, 9.17) is 9.47 Å². The van der Waals surface area contributed by atoms with Crippen molar-refractivity contribution in [2.45, 2.75) is 58.3 Å². The van der Waals surface area contributed by atoms with Crippen molar-refractivity contribution in [1.82, 2.24) is 0 Å². The fourth-order valence-electron chi connectivity index (χ4n) is 2.53. The monoisotopic (exact) mass is 409 g/mol. The number of aryl methyl sites for hydroxylation is 1. The van der Waals surface area contributed by atoms with Crippen molar-refractivity contribution in [2.75, 3.05) is 26.4 Å². The standard InChI is InChI=1S/C19H31O5P.K/c1-2-3-4-5-6-7-8-9-18-10-12-19(13-11-18)23-16-14-22-15-17-24-25(20)21;/h10-13H,2-9,14-17H2,1H3;/q;+1. The molecule has 0 spiro atoms. The fourth-order valence-corrected chi connectivity index (χ4v) is 2.75. The molecular formula is C19H31KO5P+. The molecule has 7 heteroatoms. The Labute approximate surface area is 201 Å². The number of ether oxygens (including phenoxy) is 2. The normalized spacial score (nSPS) is 11.1. The summed E-state index contributed by atoms with van der Waals surface area (Å²) >= 11 is 0. The third-order valence-corrected chi connectivity index (χ3v) is 4.31. The molecule has 0 heterocycles. The number of unbranched alkanes of at least 4 members (excludes halogenated alkanes) is 6. The molecule has 0 fully saturated rings. The van der Waals surface area contributed by atoms with E-state index in [2.05, 4.69) is 23.6 Å². The van der Waals surface area contributed by atoms with Crippen molar-refractivity contribution in [3.63, 3.8) is 0 Å². The number of hydrogen-bond donors (Lipinski definition) is 0. The zero-order valence-electron chi connectivity index (χ0n) is 16.3. The van der Waals surface area contributed by atoms with Crippen LogP contribution in [0.15, 0.2) is 24.3 Å². The summed E-state index contributed by atoms with van der Waals surface area (Å²) in [4.78, 5) is 10.2. The van der Waals surface area contributed by atoms with E-state index in [1.54, 1.807) is 0 Å². The molecular weight excluding hydrogens is 378 g/mol. The van der Waals surface area contributed by atoms with Crippen molar-refractivity contribution in [3.8, 4) is 5.75 Å². The minimum absolute atomic E-state index is 0. The van der Waals surface area contributed by atoms with Gasteiger partial charge in [-0.25, -0.2) is 0 Å². The smallest absolute Gasteiger partial charge is 0.566 e. The van der Waals surface area contributed by atoms with E-state index in [0.29, 0.717) is 13.2 Å². The summed E-state index contributed by atoms with van der Waals surface area (Å²) in [7, 11) is -2.79.